The molecule has 3 aromatic rings. The van der Waals surface area contributed by atoms with E-state index in [0.717, 1.165) is 24.3 Å². The van der Waals surface area contributed by atoms with Crippen molar-refractivity contribution in [1.29, 1.82) is 0 Å². The molecule has 0 aliphatic heterocycles. The molecule has 3 rings (SSSR count). The Morgan fingerprint density at radius 2 is 1.70 bits per heavy atom. The Kier molecular flexibility index (Phi) is 9.08. The van der Waals surface area contributed by atoms with Crippen LogP contribution in [0.25, 0.3) is 11.3 Å². The number of nitrogens with one attached hydrogen (secondary N) is 2. The summed E-state index contributed by atoms with van der Waals surface area (Å²) in [7, 11) is -1.33. The molecule has 37 heavy (non-hydrogen) atoms. The Morgan fingerprint density at radius 1 is 1.00 bits per heavy atom. The predicted molar refractivity (Wildman–Crippen MR) is 127 cm³/mol. The molecular weight excluding hydrogens is 520 g/mol. The van der Waals surface area contributed by atoms with E-state index in [4.69, 9.17) is 0 Å². The van der Waals surface area contributed by atoms with Crippen molar-refractivity contribution in [3.8, 4) is 11.3 Å². The van der Waals surface area contributed by atoms with Crippen LogP contribution in [-0.2, 0) is 35.0 Å². The number of rotatable bonds is 9. The average molecular weight is 544 g/mol. The standard InChI is InChI=1S/C25H23F6N3O2S/c1-14(15-6-7-18(20(26)11-15)13-33-37(2)36)24(35)32-12-19-8-9-21(25(29,30)31)34-22(19)16-4-3-5-17(10-16)23(27)28/h3-11,14,23,33H,12-13H2,1-2H3,(H,32,35). The van der Waals surface area contributed by atoms with E-state index in [2.05, 4.69) is 15.0 Å². The quantitative estimate of drug-likeness (QED) is 0.343. The number of hydrogen-bond donors (Lipinski definition) is 2. The van der Waals surface area contributed by atoms with Crippen LogP contribution in [-0.4, -0.2) is 21.4 Å². The normalized spacial score (nSPS) is 13.4. The lowest BCUT2D eigenvalue weighted by Crippen LogP contribution is -2.28. The molecule has 0 saturated carbocycles. The van der Waals surface area contributed by atoms with Crippen molar-refractivity contribution in [3.05, 3.63) is 88.4 Å². The molecule has 0 bridgehead atoms. The van der Waals surface area contributed by atoms with Crippen molar-refractivity contribution in [2.24, 2.45) is 0 Å². The van der Waals surface area contributed by atoms with Gasteiger partial charge in [-0.25, -0.2) is 27.1 Å². The van der Waals surface area contributed by atoms with Gasteiger partial charge in [0.15, 0.2) is 0 Å². The van der Waals surface area contributed by atoms with Crippen LogP contribution in [0.15, 0.2) is 54.6 Å². The third-order valence-electron chi connectivity index (χ3n) is 5.57. The summed E-state index contributed by atoms with van der Waals surface area (Å²) >= 11 is 0. The summed E-state index contributed by atoms with van der Waals surface area (Å²) in [6.07, 6.45) is -6.18. The lowest BCUT2D eigenvalue weighted by Gasteiger charge is -2.17. The third-order valence-corrected chi connectivity index (χ3v) is 6.12. The highest BCUT2D eigenvalue weighted by Crippen LogP contribution is 2.32. The Morgan fingerprint density at radius 3 is 2.32 bits per heavy atom. The van der Waals surface area contributed by atoms with E-state index >= 15 is 0 Å². The molecule has 0 radical (unpaired) electrons. The van der Waals surface area contributed by atoms with E-state index in [-0.39, 0.29) is 41.0 Å². The van der Waals surface area contributed by atoms with Crippen LogP contribution in [0.5, 0.6) is 0 Å². The molecule has 0 spiro atoms. The minimum atomic E-state index is -4.76. The van der Waals surface area contributed by atoms with E-state index in [1.165, 1.54) is 37.4 Å². The minimum Gasteiger partial charge on any atom is -0.351 e. The maximum absolute atomic E-state index is 14.4. The number of pyridine rings is 1. The van der Waals surface area contributed by atoms with Gasteiger partial charge in [-0.1, -0.05) is 36.4 Å². The van der Waals surface area contributed by atoms with Crippen LogP contribution in [0.2, 0.25) is 0 Å². The van der Waals surface area contributed by atoms with E-state index in [9.17, 15) is 35.3 Å². The molecule has 0 aliphatic carbocycles. The van der Waals surface area contributed by atoms with Crippen molar-refractivity contribution >= 4 is 16.9 Å². The highest BCUT2D eigenvalue weighted by molar-refractivity contribution is 7.82. The summed E-state index contributed by atoms with van der Waals surface area (Å²) in [6.45, 7) is 1.32. The predicted octanol–water partition coefficient (Wildman–Crippen LogP) is 5.65. The van der Waals surface area contributed by atoms with Crippen molar-refractivity contribution < 1.29 is 35.3 Å². The first-order chi connectivity index (χ1) is 17.4. The zero-order valence-corrected chi connectivity index (χ0v) is 20.5. The molecule has 5 nitrogen and oxygen atoms in total. The largest absolute Gasteiger partial charge is 0.433 e. The summed E-state index contributed by atoms with van der Waals surface area (Å²) in [4.78, 5) is 16.4. The lowest BCUT2D eigenvalue weighted by molar-refractivity contribution is -0.141. The second kappa shape index (κ2) is 11.9. The molecule has 198 valence electrons. The Labute approximate surface area is 211 Å². The number of halogens is 6. The molecule has 1 aromatic heterocycles. The van der Waals surface area contributed by atoms with Crippen LogP contribution in [0, 0.1) is 5.82 Å². The van der Waals surface area contributed by atoms with Crippen LogP contribution in [0.1, 0.15) is 47.2 Å². The van der Waals surface area contributed by atoms with E-state index < -0.39 is 46.9 Å². The number of amides is 1. The number of alkyl halides is 5. The van der Waals surface area contributed by atoms with Crippen molar-refractivity contribution in [1.82, 2.24) is 15.0 Å². The first kappa shape index (κ1) is 28.3. The van der Waals surface area contributed by atoms with Gasteiger partial charge in [0.25, 0.3) is 6.43 Å². The molecule has 1 heterocycles. The van der Waals surface area contributed by atoms with E-state index in [1.807, 2.05) is 0 Å². The fourth-order valence-electron chi connectivity index (χ4n) is 3.50. The van der Waals surface area contributed by atoms with Gasteiger partial charge in [0, 0.05) is 36.0 Å². The van der Waals surface area contributed by atoms with E-state index in [0.29, 0.717) is 5.56 Å². The monoisotopic (exact) mass is 543 g/mol. The van der Waals surface area contributed by atoms with Gasteiger partial charge in [0.1, 0.15) is 11.5 Å². The highest BCUT2D eigenvalue weighted by Gasteiger charge is 2.33. The first-order valence-corrected chi connectivity index (χ1v) is 12.5. The van der Waals surface area contributed by atoms with Crippen LogP contribution >= 0.6 is 0 Å². The van der Waals surface area contributed by atoms with Gasteiger partial charge in [-0.3, -0.25) is 4.79 Å². The van der Waals surface area contributed by atoms with Crippen molar-refractivity contribution in [2.45, 2.75) is 38.5 Å². The third kappa shape index (κ3) is 7.39. The zero-order chi connectivity index (χ0) is 27.3. The number of carbonyl (C=O) groups excluding carboxylic acids is 1. The van der Waals surface area contributed by atoms with Crippen molar-refractivity contribution in [3.63, 3.8) is 0 Å². The fraction of sp³-hybridized carbons (Fsp3) is 0.280. The molecule has 1 amide bonds. The van der Waals surface area contributed by atoms with Crippen molar-refractivity contribution in [2.75, 3.05) is 6.26 Å². The molecule has 2 aromatic carbocycles. The van der Waals surface area contributed by atoms with Gasteiger partial charge >= 0.3 is 6.18 Å². The number of nitrogens with zero attached hydrogens (tertiary/aromatic N) is 1. The lowest BCUT2D eigenvalue weighted by atomic mass is 9.98. The number of carbonyl (C=O) groups is 1. The zero-order valence-electron chi connectivity index (χ0n) is 19.7. The Bertz CT molecular complexity index is 1300. The van der Waals surface area contributed by atoms with Gasteiger partial charge in [-0.15, -0.1) is 0 Å². The Balaban J connectivity index is 1.82. The topological polar surface area (TPSA) is 71.1 Å². The molecular formula is C25H23F6N3O2S. The van der Waals surface area contributed by atoms with Gasteiger partial charge in [-0.05, 0) is 36.2 Å². The maximum Gasteiger partial charge on any atom is 0.433 e. The molecule has 2 N–H and O–H groups in total. The summed E-state index contributed by atoms with van der Waals surface area (Å²) in [5.74, 6) is -1.94. The molecule has 0 aliphatic rings. The second-order valence-corrected chi connectivity index (χ2v) is 9.39. The summed E-state index contributed by atoms with van der Waals surface area (Å²) in [5.41, 5.74) is -0.941. The SMILES string of the molecule is CC(C(=O)NCc1ccc(C(F)(F)F)nc1-c1cccc(C(F)F)c1)c1ccc(CNS(C)=O)c(F)c1. The highest BCUT2D eigenvalue weighted by atomic mass is 32.2. The smallest absolute Gasteiger partial charge is 0.351 e. The molecule has 0 fully saturated rings. The molecule has 0 saturated heterocycles. The summed E-state index contributed by atoms with van der Waals surface area (Å²) in [6, 6.07) is 10.9. The number of benzene rings is 2. The van der Waals surface area contributed by atoms with Crippen LogP contribution in [0.3, 0.4) is 0 Å². The molecule has 2 atom stereocenters. The summed E-state index contributed by atoms with van der Waals surface area (Å²) < 4.78 is 94.3. The number of hydrogen-bond acceptors (Lipinski definition) is 3. The fourth-order valence-corrected chi connectivity index (χ4v) is 3.86. The minimum absolute atomic E-state index is 0.0340. The van der Waals surface area contributed by atoms with Crippen LogP contribution in [0.4, 0.5) is 26.3 Å². The maximum atomic E-state index is 14.4. The van der Waals surface area contributed by atoms with Crippen LogP contribution < -0.4 is 10.0 Å². The summed E-state index contributed by atoms with van der Waals surface area (Å²) in [5, 5.41) is 2.59. The van der Waals surface area contributed by atoms with Gasteiger partial charge in [0.05, 0.1) is 22.6 Å². The average Bonchev–Trinajstić information content (AvgIpc) is 2.85. The number of aromatic nitrogens is 1. The molecule has 2 unspecified atom stereocenters. The van der Waals surface area contributed by atoms with Gasteiger partial charge < -0.3 is 5.32 Å². The first-order valence-electron chi connectivity index (χ1n) is 11.0. The van der Waals surface area contributed by atoms with Gasteiger partial charge in [0.2, 0.25) is 5.91 Å². The Hall–Kier alpha value is -3.25. The molecule has 12 heteroatoms. The second-order valence-electron chi connectivity index (χ2n) is 8.19. The van der Waals surface area contributed by atoms with Gasteiger partial charge in [-0.2, -0.15) is 13.2 Å². The van der Waals surface area contributed by atoms with E-state index in [1.54, 1.807) is 6.07 Å².